The Balaban J connectivity index is 1.08. The number of hydrogen-bond acceptors (Lipinski definition) is 9. The van der Waals surface area contributed by atoms with Crippen LogP contribution in [0.25, 0.3) is 0 Å². The third-order valence-electron chi connectivity index (χ3n) is 6.82. The Bertz CT molecular complexity index is 1200. The molecular formula is C25H29N7O5. The Labute approximate surface area is 213 Å². The van der Waals surface area contributed by atoms with Crippen molar-refractivity contribution in [3.05, 3.63) is 60.2 Å². The fourth-order valence-electron chi connectivity index (χ4n) is 4.94. The van der Waals surface area contributed by atoms with Crippen LogP contribution in [0.4, 0.5) is 10.5 Å². The Hall–Kier alpha value is -3.74. The molecule has 0 aliphatic carbocycles. The van der Waals surface area contributed by atoms with Gasteiger partial charge in [-0.1, -0.05) is 41.5 Å². The van der Waals surface area contributed by atoms with Gasteiger partial charge in [-0.25, -0.2) is 4.79 Å². The summed E-state index contributed by atoms with van der Waals surface area (Å²) in [7, 11) is 0. The fourth-order valence-corrected chi connectivity index (χ4v) is 4.94. The van der Waals surface area contributed by atoms with Gasteiger partial charge in [-0.2, -0.15) is 4.68 Å². The normalized spacial score (nSPS) is 25.0. The molecule has 4 unspecified atom stereocenters. The van der Waals surface area contributed by atoms with Crippen LogP contribution in [-0.4, -0.2) is 84.0 Å². The summed E-state index contributed by atoms with van der Waals surface area (Å²) in [6.07, 6.45) is -0.626. The number of anilines is 1. The van der Waals surface area contributed by atoms with Crippen LogP contribution >= 0.6 is 0 Å². The van der Waals surface area contributed by atoms with E-state index in [1.54, 1.807) is 4.68 Å². The molecule has 0 saturated carbocycles. The van der Waals surface area contributed by atoms with E-state index in [2.05, 4.69) is 31.1 Å². The molecule has 4 atom stereocenters. The lowest BCUT2D eigenvalue weighted by molar-refractivity contribution is 0.0613. The van der Waals surface area contributed by atoms with E-state index >= 15 is 0 Å². The molecule has 2 N–H and O–H groups in total. The first-order valence-corrected chi connectivity index (χ1v) is 12.4. The summed E-state index contributed by atoms with van der Waals surface area (Å²) in [6.45, 7) is 4.20. The van der Waals surface area contributed by atoms with Gasteiger partial charge in [0.1, 0.15) is 24.0 Å². The second-order valence-corrected chi connectivity index (χ2v) is 9.19. The second kappa shape index (κ2) is 10.7. The quantitative estimate of drug-likeness (QED) is 0.490. The Kier molecular flexibility index (Phi) is 6.84. The lowest BCUT2D eigenvalue weighted by Gasteiger charge is -2.29. The molecule has 3 aliphatic heterocycles. The van der Waals surface area contributed by atoms with Crippen molar-refractivity contribution < 1.29 is 23.7 Å². The number of ether oxygens (including phenoxy) is 4. The van der Waals surface area contributed by atoms with Crippen LogP contribution in [0.5, 0.6) is 11.8 Å². The van der Waals surface area contributed by atoms with Gasteiger partial charge in [0.2, 0.25) is 0 Å². The minimum atomic E-state index is -0.315. The Morgan fingerprint density at radius 1 is 1.03 bits per heavy atom. The first-order chi connectivity index (χ1) is 18.2. The van der Waals surface area contributed by atoms with Gasteiger partial charge in [0.15, 0.2) is 0 Å². The number of fused-ring (bicyclic) bond motifs is 1. The van der Waals surface area contributed by atoms with Crippen molar-refractivity contribution >= 4 is 11.7 Å². The van der Waals surface area contributed by atoms with Crippen LogP contribution in [0.1, 0.15) is 11.6 Å². The molecule has 0 spiro atoms. The van der Waals surface area contributed by atoms with Gasteiger partial charge in [-0.15, -0.1) is 0 Å². The number of aromatic nitrogens is 4. The number of carbonyl (C=O) groups excluding carboxylic acids is 1. The van der Waals surface area contributed by atoms with Crippen LogP contribution in [0, 0.1) is 0 Å². The number of amides is 2. The molecule has 3 fully saturated rings. The number of nitrogens with one attached hydrogen (secondary N) is 2. The van der Waals surface area contributed by atoms with Crippen molar-refractivity contribution in [2.24, 2.45) is 0 Å². The maximum absolute atomic E-state index is 12.5. The zero-order chi connectivity index (χ0) is 25.0. The van der Waals surface area contributed by atoms with E-state index in [-0.39, 0.29) is 36.3 Å². The van der Waals surface area contributed by atoms with Crippen molar-refractivity contribution in [3.63, 3.8) is 0 Å². The molecule has 6 rings (SSSR count). The standard InChI is InChI=1S/C25H29N7O5/c33-24(26-14-17-5-2-1-3-6-17)27-20-15-35-23-21(16-36-22(20)23)32-25(28-29-30-32)37-19-8-4-7-18(13-19)31-9-11-34-12-10-31/h1-8,13,20-23H,9-12,14-16H2,(H2,26,27,33). The first-order valence-electron chi connectivity index (χ1n) is 12.4. The Morgan fingerprint density at radius 3 is 2.73 bits per heavy atom. The topological polar surface area (TPSA) is 125 Å². The molecule has 3 aromatic rings. The van der Waals surface area contributed by atoms with Crippen molar-refractivity contribution in [2.45, 2.75) is 30.8 Å². The van der Waals surface area contributed by atoms with Crippen molar-refractivity contribution in [3.8, 4) is 11.8 Å². The molecule has 0 radical (unpaired) electrons. The SMILES string of the molecule is O=C(NCc1ccccc1)NC1COC2C1OCC2n1nnnc1Oc1cccc(N2CCOCC2)c1. The summed E-state index contributed by atoms with van der Waals surface area (Å²) >= 11 is 0. The van der Waals surface area contributed by atoms with E-state index in [4.69, 9.17) is 18.9 Å². The largest absolute Gasteiger partial charge is 0.423 e. The number of rotatable bonds is 7. The average molecular weight is 508 g/mol. The van der Waals surface area contributed by atoms with Gasteiger partial charge in [0.25, 0.3) is 0 Å². The zero-order valence-corrected chi connectivity index (χ0v) is 20.2. The van der Waals surface area contributed by atoms with E-state index in [0.717, 1.165) is 24.3 Å². The van der Waals surface area contributed by atoms with Gasteiger partial charge in [0.05, 0.1) is 32.5 Å². The van der Waals surface area contributed by atoms with E-state index in [0.29, 0.717) is 38.7 Å². The highest BCUT2D eigenvalue weighted by atomic mass is 16.6. The van der Waals surface area contributed by atoms with Crippen LogP contribution in [0.3, 0.4) is 0 Å². The van der Waals surface area contributed by atoms with Gasteiger partial charge in [0, 0.05) is 31.4 Å². The number of carbonyl (C=O) groups is 1. The molecule has 2 aromatic carbocycles. The van der Waals surface area contributed by atoms with E-state index < -0.39 is 0 Å². The molecule has 2 amide bonds. The highest BCUT2D eigenvalue weighted by Crippen LogP contribution is 2.36. The maximum Gasteiger partial charge on any atom is 0.341 e. The predicted octanol–water partition coefficient (Wildman–Crippen LogP) is 1.51. The monoisotopic (exact) mass is 507 g/mol. The third-order valence-corrected chi connectivity index (χ3v) is 6.82. The van der Waals surface area contributed by atoms with Crippen LogP contribution in [0.15, 0.2) is 54.6 Å². The van der Waals surface area contributed by atoms with Gasteiger partial charge < -0.3 is 34.5 Å². The minimum absolute atomic E-state index is 0.258. The highest BCUT2D eigenvalue weighted by molar-refractivity contribution is 5.74. The van der Waals surface area contributed by atoms with Gasteiger partial charge in [-0.3, -0.25) is 0 Å². The molecule has 12 heteroatoms. The highest BCUT2D eigenvalue weighted by Gasteiger charge is 2.50. The minimum Gasteiger partial charge on any atom is -0.423 e. The molecule has 4 heterocycles. The fraction of sp³-hybridized carbons (Fsp3) is 0.440. The molecule has 0 bridgehead atoms. The number of urea groups is 1. The molecule has 194 valence electrons. The summed E-state index contributed by atoms with van der Waals surface area (Å²) in [5, 5.41) is 17.9. The summed E-state index contributed by atoms with van der Waals surface area (Å²) in [6, 6.07) is 17.0. The molecule has 12 nitrogen and oxygen atoms in total. The number of tetrazole rings is 1. The summed E-state index contributed by atoms with van der Waals surface area (Å²) in [4.78, 5) is 14.7. The summed E-state index contributed by atoms with van der Waals surface area (Å²) in [5.74, 6) is 0.637. The summed E-state index contributed by atoms with van der Waals surface area (Å²) in [5.41, 5.74) is 2.08. The van der Waals surface area contributed by atoms with Gasteiger partial charge in [-0.05, 0) is 28.1 Å². The first kappa shape index (κ1) is 23.6. The van der Waals surface area contributed by atoms with E-state index in [9.17, 15) is 4.79 Å². The number of hydrogen-bond donors (Lipinski definition) is 2. The molecule has 37 heavy (non-hydrogen) atoms. The van der Waals surface area contributed by atoms with E-state index in [1.807, 2.05) is 54.6 Å². The van der Waals surface area contributed by atoms with Crippen LogP contribution < -0.4 is 20.3 Å². The summed E-state index contributed by atoms with van der Waals surface area (Å²) < 4.78 is 25.2. The molecule has 3 saturated heterocycles. The van der Waals surface area contributed by atoms with Crippen LogP contribution in [-0.2, 0) is 20.8 Å². The smallest absolute Gasteiger partial charge is 0.341 e. The number of benzene rings is 2. The van der Waals surface area contributed by atoms with Crippen molar-refractivity contribution in [1.82, 2.24) is 30.8 Å². The molecule has 1 aromatic heterocycles. The number of morpholine rings is 1. The zero-order valence-electron chi connectivity index (χ0n) is 20.2. The van der Waals surface area contributed by atoms with Gasteiger partial charge >= 0.3 is 12.0 Å². The maximum atomic E-state index is 12.5. The van der Waals surface area contributed by atoms with Crippen molar-refractivity contribution in [2.75, 3.05) is 44.4 Å². The molecule has 3 aliphatic rings. The Morgan fingerprint density at radius 2 is 1.86 bits per heavy atom. The number of nitrogens with zero attached hydrogens (tertiary/aromatic N) is 5. The third kappa shape index (κ3) is 5.22. The lowest BCUT2D eigenvalue weighted by Crippen LogP contribution is -2.48. The second-order valence-electron chi connectivity index (χ2n) is 9.19. The molecular weight excluding hydrogens is 478 g/mol. The van der Waals surface area contributed by atoms with Crippen molar-refractivity contribution in [1.29, 1.82) is 0 Å². The average Bonchev–Trinajstić information content (AvgIpc) is 3.67. The lowest BCUT2D eigenvalue weighted by atomic mass is 10.1. The van der Waals surface area contributed by atoms with E-state index in [1.165, 1.54) is 0 Å². The predicted molar refractivity (Wildman–Crippen MR) is 131 cm³/mol. The van der Waals surface area contributed by atoms with Crippen LogP contribution in [0.2, 0.25) is 0 Å².